The van der Waals surface area contributed by atoms with Crippen molar-refractivity contribution in [3.05, 3.63) is 60.3 Å². The van der Waals surface area contributed by atoms with Gasteiger partial charge in [-0.2, -0.15) is 0 Å². The number of rotatable bonds is 4. The third kappa shape index (κ3) is 3.22. The van der Waals surface area contributed by atoms with E-state index >= 15 is 0 Å². The molecular formula is C24H26N6. The van der Waals surface area contributed by atoms with E-state index in [9.17, 15) is 0 Å². The van der Waals surface area contributed by atoms with E-state index in [0.717, 1.165) is 59.9 Å². The monoisotopic (exact) mass is 398 g/mol. The lowest BCUT2D eigenvalue weighted by Gasteiger charge is -2.07. The van der Waals surface area contributed by atoms with Crippen molar-refractivity contribution < 1.29 is 0 Å². The Labute approximate surface area is 175 Å². The maximum atomic E-state index is 4.80. The van der Waals surface area contributed by atoms with Gasteiger partial charge in [0.15, 0.2) is 0 Å². The summed E-state index contributed by atoms with van der Waals surface area (Å²) in [5, 5.41) is 7.03. The fraction of sp³-hybridized carbons (Fsp3) is 0.333. The van der Waals surface area contributed by atoms with Crippen LogP contribution in [-0.2, 0) is 0 Å². The Hall–Kier alpha value is -2.96. The molecule has 0 spiro atoms. The van der Waals surface area contributed by atoms with Crippen LogP contribution in [0.1, 0.15) is 49.4 Å². The number of aromatic nitrogens is 4. The summed E-state index contributed by atoms with van der Waals surface area (Å²) in [6, 6.07) is 15.8. The number of nitrogens with zero attached hydrogens (tertiary/aromatic N) is 2. The number of aromatic amines is 2. The maximum absolute atomic E-state index is 4.80. The minimum atomic E-state index is 0.355. The Kier molecular flexibility index (Phi) is 4.39. The molecule has 2 aliphatic heterocycles. The average Bonchev–Trinajstić information content (AvgIpc) is 3.58. The molecule has 6 rings (SSSR count). The predicted octanol–water partition coefficient (Wildman–Crippen LogP) is 4.47. The van der Waals surface area contributed by atoms with Crippen molar-refractivity contribution in [3.8, 4) is 22.4 Å². The van der Waals surface area contributed by atoms with E-state index in [1.165, 1.54) is 24.0 Å². The van der Waals surface area contributed by atoms with Gasteiger partial charge in [-0.15, -0.1) is 0 Å². The van der Waals surface area contributed by atoms with Crippen molar-refractivity contribution in [1.29, 1.82) is 0 Å². The van der Waals surface area contributed by atoms with Crippen LogP contribution in [-0.4, -0.2) is 33.0 Å². The third-order valence-corrected chi connectivity index (χ3v) is 6.38. The second-order valence-electron chi connectivity index (χ2n) is 8.41. The van der Waals surface area contributed by atoms with Crippen molar-refractivity contribution >= 4 is 11.0 Å². The molecule has 6 heteroatoms. The van der Waals surface area contributed by atoms with Crippen LogP contribution in [0.15, 0.2) is 48.7 Å². The molecule has 2 saturated heterocycles. The lowest BCUT2D eigenvalue weighted by Crippen LogP contribution is -2.14. The van der Waals surface area contributed by atoms with Crippen molar-refractivity contribution in [2.24, 2.45) is 0 Å². The molecule has 4 aromatic rings. The summed E-state index contributed by atoms with van der Waals surface area (Å²) in [6.45, 7) is 2.15. The van der Waals surface area contributed by atoms with Gasteiger partial charge in [-0.05, 0) is 68.1 Å². The Bertz CT molecular complexity index is 1180. The molecule has 6 nitrogen and oxygen atoms in total. The van der Waals surface area contributed by atoms with E-state index in [0.29, 0.717) is 12.1 Å². The smallest absolute Gasteiger partial charge is 0.124 e. The first-order valence-corrected chi connectivity index (χ1v) is 11.0. The second kappa shape index (κ2) is 7.38. The van der Waals surface area contributed by atoms with E-state index in [4.69, 9.17) is 4.98 Å². The largest absolute Gasteiger partial charge is 0.341 e. The van der Waals surface area contributed by atoms with Crippen LogP contribution in [0.2, 0.25) is 0 Å². The summed E-state index contributed by atoms with van der Waals surface area (Å²) in [5.74, 6) is 2.10. The standard InChI is InChI=1S/C24H26N6/c1-4-15(12-17(5-1)22-14-27-23(30-22)19-6-2-10-25-19)16-8-9-18-21(13-16)29-24(28-18)20-7-3-11-26-20/h1,4-5,8-9,12-14,19-20,25-26H,2-3,6-7,10-11H2,(H,27,30)(H,28,29). The first-order valence-electron chi connectivity index (χ1n) is 11.0. The molecule has 2 fully saturated rings. The predicted molar refractivity (Wildman–Crippen MR) is 119 cm³/mol. The lowest BCUT2D eigenvalue weighted by atomic mass is 10.0. The Morgan fingerprint density at radius 2 is 1.53 bits per heavy atom. The highest BCUT2D eigenvalue weighted by Crippen LogP contribution is 2.30. The number of hydrogen-bond acceptors (Lipinski definition) is 4. The number of nitrogens with one attached hydrogen (secondary N) is 4. The zero-order valence-electron chi connectivity index (χ0n) is 16.9. The highest BCUT2D eigenvalue weighted by atomic mass is 15.0. The number of H-pyrrole nitrogens is 2. The van der Waals surface area contributed by atoms with Crippen LogP contribution >= 0.6 is 0 Å². The summed E-state index contributed by atoms with van der Waals surface area (Å²) in [7, 11) is 0. The van der Waals surface area contributed by atoms with Crippen LogP contribution < -0.4 is 10.6 Å². The minimum Gasteiger partial charge on any atom is -0.341 e. The minimum absolute atomic E-state index is 0.355. The van der Waals surface area contributed by atoms with Gasteiger partial charge >= 0.3 is 0 Å². The van der Waals surface area contributed by atoms with E-state index in [1.807, 2.05) is 6.20 Å². The molecule has 0 saturated carbocycles. The zero-order chi connectivity index (χ0) is 19.9. The summed E-state index contributed by atoms with van der Waals surface area (Å²) in [5.41, 5.74) is 6.73. The molecule has 4 heterocycles. The quantitative estimate of drug-likeness (QED) is 0.409. The molecule has 2 unspecified atom stereocenters. The van der Waals surface area contributed by atoms with Gasteiger partial charge in [0.05, 0.1) is 35.0 Å². The van der Waals surface area contributed by atoms with Gasteiger partial charge in [-0.25, -0.2) is 9.97 Å². The van der Waals surface area contributed by atoms with Crippen LogP contribution in [0.4, 0.5) is 0 Å². The number of fused-ring (bicyclic) bond motifs is 1. The summed E-state index contributed by atoms with van der Waals surface area (Å²) in [4.78, 5) is 16.5. The Morgan fingerprint density at radius 3 is 2.33 bits per heavy atom. The highest BCUT2D eigenvalue weighted by molar-refractivity contribution is 5.83. The number of imidazole rings is 2. The first kappa shape index (κ1) is 17.9. The van der Waals surface area contributed by atoms with Gasteiger partial charge in [0.1, 0.15) is 11.6 Å². The molecule has 30 heavy (non-hydrogen) atoms. The summed E-state index contributed by atoms with van der Waals surface area (Å²) < 4.78 is 0. The topological polar surface area (TPSA) is 81.4 Å². The molecule has 2 aromatic carbocycles. The SMILES string of the molecule is c1cc(-c2ccc3nc(C4CCCN4)[nH]c3c2)cc(-c2cnc(C3CCCN3)[nH]2)c1. The van der Waals surface area contributed by atoms with Crippen molar-refractivity contribution in [1.82, 2.24) is 30.6 Å². The van der Waals surface area contributed by atoms with Gasteiger partial charge in [0, 0.05) is 5.56 Å². The van der Waals surface area contributed by atoms with Gasteiger partial charge in [-0.1, -0.05) is 24.3 Å². The van der Waals surface area contributed by atoms with E-state index < -0.39 is 0 Å². The Morgan fingerprint density at radius 1 is 0.767 bits per heavy atom. The van der Waals surface area contributed by atoms with Gasteiger partial charge in [0.25, 0.3) is 0 Å². The molecule has 0 amide bonds. The molecule has 152 valence electrons. The van der Waals surface area contributed by atoms with Crippen LogP contribution in [0, 0.1) is 0 Å². The van der Waals surface area contributed by atoms with Gasteiger partial charge in [-0.3, -0.25) is 0 Å². The fourth-order valence-electron chi connectivity index (χ4n) is 4.74. The van der Waals surface area contributed by atoms with E-state index in [-0.39, 0.29) is 0 Å². The van der Waals surface area contributed by atoms with Crippen LogP contribution in [0.3, 0.4) is 0 Å². The lowest BCUT2D eigenvalue weighted by molar-refractivity contribution is 0.613. The highest BCUT2D eigenvalue weighted by Gasteiger charge is 2.20. The second-order valence-corrected chi connectivity index (χ2v) is 8.41. The molecule has 4 N–H and O–H groups in total. The summed E-state index contributed by atoms with van der Waals surface area (Å²) in [6.07, 6.45) is 6.68. The maximum Gasteiger partial charge on any atom is 0.124 e. The Balaban J connectivity index is 1.31. The molecule has 2 atom stereocenters. The normalized spacial score (nSPS) is 21.6. The number of hydrogen-bond donors (Lipinski definition) is 4. The molecule has 2 aromatic heterocycles. The first-order chi connectivity index (χ1) is 14.8. The zero-order valence-corrected chi connectivity index (χ0v) is 16.9. The average molecular weight is 399 g/mol. The molecule has 0 aliphatic carbocycles. The van der Waals surface area contributed by atoms with Gasteiger partial charge in [0.2, 0.25) is 0 Å². The molecule has 0 bridgehead atoms. The number of benzene rings is 2. The third-order valence-electron chi connectivity index (χ3n) is 6.38. The molecule has 0 radical (unpaired) electrons. The van der Waals surface area contributed by atoms with Crippen molar-refractivity contribution in [2.75, 3.05) is 13.1 Å². The summed E-state index contributed by atoms with van der Waals surface area (Å²) >= 11 is 0. The van der Waals surface area contributed by atoms with Crippen LogP contribution in [0.5, 0.6) is 0 Å². The van der Waals surface area contributed by atoms with Crippen molar-refractivity contribution in [2.45, 2.75) is 37.8 Å². The van der Waals surface area contributed by atoms with Gasteiger partial charge < -0.3 is 20.6 Å². The van der Waals surface area contributed by atoms with E-state index in [2.05, 4.69) is 68.1 Å². The van der Waals surface area contributed by atoms with Crippen LogP contribution in [0.25, 0.3) is 33.4 Å². The fourth-order valence-corrected chi connectivity index (χ4v) is 4.74. The van der Waals surface area contributed by atoms with E-state index in [1.54, 1.807) is 0 Å². The molecule has 2 aliphatic rings. The molecular weight excluding hydrogens is 372 g/mol. The van der Waals surface area contributed by atoms with Crippen molar-refractivity contribution in [3.63, 3.8) is 0 Å².